The number of aliphatic hydroxyl groups excluding tert-OH is 1. The number of hydrogen-bond acceptors (Lipinski definition) is 5. The molecule has 3 N–H and O–H groups in total. The van der Waals surface area contributed by atoms with Crippen molar-refractivity contribution < 1.29 is 13.5 Å². The Bertz CT molecular complexity index is 936. The highest BCUT2D eigenvalue weighted by Gasteiger charge is 2.26. The molecule has 1 aromatic heterocycles. The van der Waals surface area contributed by atoms with Gasteiger partial charge in [-0.3, -0.25) is 9.71 Å². The fourth-order valence-corrected chi connectivity index (χ4v) is 5.02. The molecule has 0 amide bonds. The van der Waals surface area contributed by atoms with Crippen LogP contribution in [0.5, 0.6) is 0 Å². The zero-order valence-electron chi connectivity index (χ0n) is 19.4. The van der Waals surface area contributed by atoms with Gasteiger partial charge >= 0.3 is 10.2 Å². The van der Waals surface area contributed by atoms with E-state index >= 15 is 0 Å². The van der Waals surface area contributed by atoms with E-state index in [1.54, 1.807) is 24.5 Å². The number of piperidine rings is 1. The maximum Gasteiger partial charge on any atom is 0.301 e. The number of rotatable bonds is 9. The second-order valence-corrected chi connectivity index (χ2v) is 10.8. The lowest BCUT2D eigenvalue weighted by atomic mass is 9.94. The average Bonchev–Trinajstić information content (AvgIpc) is 2.74. The number of pyridine rings is 1. The maximum absolute atomic E-state index is 12.6. The Hall–Kier alpha value is -1.42. The summed E-state index contributed by atoms with van der Waals surface area (Å²) >= 11 is 0. The normalized spacial score (nSPS) is 16.4. The minimum atomic E-state index is -3.51. The highest BCUT2D eigenvalue weighted by Crippen LogP contribution is 2.22. The van der Waals surface area contributed by atoms with Crippen LogP contribution in [0.1, 0.15) is 50.8 Å². The zero-order chi connectivity index (χ0) is 22.5. The van der Waals surface area contributed by atoms with Crippen molar-refractivity contribution in [1.82, 2.24) is 14.6 Å². The van der Waals surface area contributed by atoms with E-state index in [4.69, 9.17) is 0 Å². The van der Waals surface area contributed by atoms with E-state index < -0.39 is 16.3 Å². The number of nitrogens with one attached hydrogen (secondary N) is 2. The molecule has 0 aliphatic carbocycles. The molecule has 0 radical (unpaired) electrons. The first kappa shape index (κ1) is 29.6. The third-order valence-corrected chi connectivity index (χ3v) is 7.31. The van der Waals surface area contributed by atoms with Gasteiger partial charge in [-0.1, -0.05) is 25.1 Å². The monoisotopic (exact) mass is 518 g/mol. The van der Waals surface area contributed by atoms with E-state index in [2.05, 4.69) is 35.8 Å². The summed E-state index contributed by atoms with van der Waals surface area (Å²) < 4.78 is 29.5. The summed E-state index contributed by atoms with van der Waals surface area (Å²) in [5.74, 6) is 0.577. The summed E-state index contributed by atoms with van der Waals surface area (Å²) in [7, 11) is -3.51. The molecule has 0 saturated carbocycles. The number of β-amino-alcohol motifs (C(OH)–C–C–N with tert-alkyl or cyclic N) is 1. The summed E-state index contributed by atoms with van der Waals surface area (Å²) in [6.45, 7) is 7.88. The number of halogens is 2. The third-order valence-electron chi connectivity index (χ3n) is 5.77. The Morgan fingerprint density at radius 3 is 2.36 bits per heavy atom. The molecule has 0 spiro atoms. The molecule has 1 saturated heterocycles. The Morgan fingerprint density at radius 1 is 1.15 bits per heavy atom. The minimum absolute atomic E-state index is 0. The van der Waals surface area contributed by atoms with Crippen molar-refractivity contribution in [2.45, 2.75) is 51.7 Å². The number of benzene rings is 1. The van der Waals surface area contributed by atoms with Gasteiger partial charge in [0.2, 0.25) is 0 Å². The van der Waals surface area contributed by atoms with Gasteiger partial charge in [0.05, 0.1) is 6.10 Å². The first-order valence-electron chi connectivity index (χ1n) is 10.8. The summed E-state index contributed by atoms with van der Waals surface area (Å²) in [4.78, 5) is 4.04. The van der Waals surface area contributed by atoms with Gasteiger partial charge < -0.3 is 10.4 Å². The van der Waals surface area contributed by atoms with Crippen LogP contribution in [0.4, 0.5) is 5.69 Å². The van der Waals surface area contributed by atoms with E-state index in [1.807, 2.05) is 24.3 Å². The standard InChI is InChI=1S/C23H34N4O3S.2ClH/c1-18-10-13-27(14-11-18)31(29,30)26-21-8-6-19(7-9-21)15-23(2,3)25-17-22(28)20-5-4-12-24-16-20;;/h4-9,12,16,18,22,25-26,28H,10-11,13-15,17H2,1-3H3;2*1H/t22-;;/m0../s1. The number of aromatic nitrogens is 1. The Balaban J connectivity index is 0.00000272. The SMILES string of the molecule is CC1CCN(S(=O)(=O)Nc2ccc(CC(C)(C)NC[C@H](O)c3cccnc3)cc2)CC1.Cl.Cl. The Morgan fingerprint density at radius 2 is 1.79 bits per heavy atom. The summed E-state index contributed by atoms with van der Waals surface area (Å²) in [5, 5.41) is 13.8. The molecular formula is C23H36Cl2N4O3S. The van der Waals surface area contributed by atoms with Crippen molar-refractivity contribution in [3.05, 3.63) is 59.9 Å². The van der Waals surface area contributed by atoms with Gasteiger partial charge in [0.1, 0.15) is 0 Å². The molecule has 3 rings (SSSR count). The van der Waals surface area contributed by atoms with E-state index in [0.717, 1.165) is 30.4 Å². The van der Waals surface area contributed by atoms with E-state index in [9.17, 15) is 13.5 Å². The number of anilines is 1. The molecule has 2 aromatic rings. The van der Waals surface area contributed by atoms with Crippen LogP contribution >= 0.6 is 24.8 Å². The molecule has 10 heteroatoms. The van der Waals surface area contributed by atoms with Gasteiger partial charge in [-0.2, -0.15) is 12.7 Å². The van der Waals surface area contributed by atoms with Crippen LogP contribution in [0, 0.1) is 5.92 Å². The third kappa shape index (κ3) is 9.03. The predicted molar refractivity (Wildman–Crippen MR) is 138 cm³/mol. The molecule has 0 bridgehead atoms. The lowest BCUT2D eigenvalue weighted by molar-refractivity contribution is 0.160. The summed E-state index contributed by atoms with van der Waals surface area (Å²) in [6.07, 6.45) is 5.27. The first-order chi connectivity index (χ1) is 14.6. The lowest BCUT2D eigenvalue weighted by Gasteiger charge is -2.29. The van der Waals surface area contributed by atoms with Crippen molar-refractivity contribution in [3.63, 3.8) is 0 Å². The molecule has 2 heterocycles. The van der Waals surface area contributed by atoms with Gasteiger partial charge in [0.25, 0.3) is 0 Å². The topological polar surface area (TPSA) is 94.6 Å². The molecule has 1 aromatic carbocycles. The Labute approximate surface area is 210 Å². The van der Waals surface area contributed by atoms with Crippen molar-refractivity contribution in [1.29, 1.82) is 0 Å². The second kappa shape index (κ2) is 12.9. The minimum Gasteiger partial charge on any atom is -0.387 e. The van der Waals surface area contributed by atoms with Crippen LogP contribution in [0.3, 0.4) is 0 Å². The molecule has 0 unspecified atom stereocenters. The predicted octanol–water partition coefficient (Wildman–Crippen LogP) is 3.96. The van der Waals surface area contributed by atoms with Crippen molar-refractivity contribution >= 4 is 40.7 Å². The maximum atomic E-state index is 12.6. The van der Waals surface area contributed by atoms with Gasteiger partial charge in [0, 0.05) is 48.8 Å². The molecule has 1 aliphatic rings. The molecule has 7 nitrogen and oxygen atoms in total. The number of hydrogen-bond donors (Lipinski definition) is 3. The summed E-state index contributed by atoms with van der Waals surface area (Å²) in [6, 6.07) is 11.2. The number of nitrogens with zero attached hydrogens (tertiary/aromatic N) is 2. The molecular weight excluding hydrogens is 483 g/mol. The number of aliphatic hydroxyl groups is 1. The van der Waals surface area contributed by atoms with Crippen molar-refractivity contribution in [3.8, 4) is 0 Å². The van der Waals surface area contributed by atoms with Crippen molar-refractivity contribution in [2.24, 2.45) is 5.92 Å². The molecule has 1 fully saturated rings. The summed E-state index contributed by atoms with van der Waals surface area (Å²) in [5.41, 5.74) is 2.20. The van der Waals surface area contributed by atoms with Crippen LogP contribution in [-0.4, -0.2) is 48.0 Å². The Kier molecular flexibility index (Phi) is 11.6. The van der Waals surface area contributed by atoms with E-state index in [1.165, 1.54) is 4.31 Å². The van der Waals surface area contributed by atoms with Gasteiger partial charge in [-0.05, 0) is 62.8 Å². The largest absolute Gasteiger partial charge is 0.387 e. The van der Waals surface area contributed by atoms with E-state index in [0.29, 0.717) is 31.2 Å². The smallest absolute Gasteiger partial charge is 0.301 e. The van der Waals surface area contributed by atoms with Gasteiger partial charge in [-0.25, -0.2) is 0 Å². The van der Waals surface area contributed by atoms with Crippen molar-refractivity contribution in [2.75, 3.05) is 24.4 Å². The zero-order valence-corrected chi connectivity index (χ0v) is 21.8. The first-order valence-corrected chi connectivity index (χ1v) is 12.3. The molecule has 33 heavy (non-hydrogen) atoms. The quantitative estimate of drug-likeness (QED) is 0.466. The highest BCUT2D eigenvalue weighted by atomic mass is 35.5. The molecule has 186 valence electrons. The van der Waals surface area contributed by atoms with Crippen LogP contribution in [-0.2, 0) is 16.6 Å². The van der Waals surface area contributed by atoms with Crippen LogP contribution in [0.15, 0.2) is 48.8 Å². The van der Waals surface area contributed by atoms with Crippen LogP contribution in [0.25, 0.3) is 0 Å². The fraction of sp³-hybridized carbons (Fsp3) is 0.522. The fourth-order valence-electron chi connectivity index (χ4n) is 3.77. The van der Waals surface area contributed by atoms with Gasteiger partial charge in [-0.15, -0.1) is 24.8 Å². The van der Waals surface area contributed by atoms with Gasteiger partial charge in [0.15, 0.2) is 0 Å². The highest BCUT2D eigenvalue weighted by molar-refractivity contribution is 7.90. The van der Waals surface area contributed by atoms with Crippen LogP contribution < -0.4 is 10.0 Å². The van der Waals surface area contributed by atoms with E-state index in [-0.39, 0.29) is 30.4 Å². The molecule has 1 aliphatic heterocycles. The average molecular weight is 520 g/mol. The lowest BCUT2D eigenvalue weighted by Crippen LogP contribution is -2.43. The molecule has 1 atom stereocenters. The van der Waals surface area contributed by atoms with Crippen LogP contribution in [0.2, 0.25) is 0 Å². The second-order valence-electron chi connectivity index (χ2n) is 9.13.